The second-order valence-corrected chi connectivity index (χ2v) is 6.03. The molecule has 3 atom stereocenters. The molecule has 2 rings (SSSR count). The van der Waals surface area contributed by atoms with E-state index in [1.807, 2.05) is 37.3 Å². The third-order valence-corrected chi connectivity index (χ3v) is 4.60. The second-order valence-electron chi connectivity index (χ2n) is 6.03. The molecule has 0 spiro atoms. The molecule has 2 amide bonds. The maximum Gasteiger partial charge on any atom is 0.416 e. The Kier molecular flexibility index (Phi) is 5.58. The van der Waals surface area contributed by atoms with Gasteiger partial charge in [-0.1, -0.05) is 57.5 Å². The van der Waals surface area contributed by atoms with Crippen molar-refractivity contribution in [1.29, 1.82) is 0 Å². The van der Waals surface area contributed by atoms with Crippen LogP contribution in [0.2, 0.25) is 0 Å². The summed E-state index contributed by atoms with van der Waals surface area (Å²) >= 11 is 0. The number of carbonyl (C=O) groups is 2. The van der Waals surface area contributed by atoms with Crippen LogP contribution < -0.4 is 0 Å². The Morgan fingerprint density at radius 1 is 1.27 bits per heavy atom. The lowest BCUT2D eigenvalue weighted by atomic mass is 9.88. The number of imide groups is 1. The summed E-state index contributed by atoms with van der Waals surface area (Å²) in [5.74, 6) is 0.0671. The van der Waals surface area contributed by atoms with Crippen molar-refractivity contribution < 1.29 is 14.3 Å². The smallest absolute Gasteiger partial charge is 0.416 e. The highest BCUT2D eigenvalue weighted by molar-refractivity contribution is 5.95. The van der Waals surface area contributed by atoms with Crippen molar-refractivity contribution in [3.63, 3.8) is 0 Å². The van der Waals surface area contributed by atoms with Crippen molar-refractivity contribution in [2.75, 3.05) is 6.61 Å². The van der Waals surface area contributed by atoms with Gasteiger partial charge in [0, 0.05) is 5.92 Å². The van der Waals surface area contributed by atoms with Crippen LogP contribution >= 0.6 is 0 Å². The lowest BCUT2D eigenvalue weighted by molar-refractivity contribution is -0.135. The molecule has 0 radical (unpaired) electrons. The van der Waals surface area contributed by atoms with Gasteiger partial charge in [0.25, 0.3) is 0 Å². The Labute approximate surface area is 132 Å². The topological polar surface area (TPSA) is 46.6 Å². The quantitative estimate of drug-likeness (QED) is 0.806. The van der Waals surface area contributed by atoms with Crippen LogP contribution in [0.5, 0.6) is 0 Å². The van der Waals surface area contributed by atoms with Crippen molar-refractivity contribution in [3.8, 4) is 0 Å². The fourth-order valence-corrected chi connectivity index (χ4v) is 3.05. The first-order chi connectivity index (χ1) is 10.6. The number of benzene rings is 1. The van der Waals surface area contributed by atoms with Gasteiger partial charge in [0.2, 0.25) is 5.91 Å². The molecule has 1 aliphatic heterocycles. The molecule has 0 N–H and O–H groups in total. The third kappa shape index (κ3) is 3.49. The first-order valence-electron chi connectivity index (χ1n) is 8.12. The van der Waals surface area contributed by atoms with E-state index >= 15 is 0 Å². The molecule has 1 fully saturated rings. The Morgan fingerprint density at radius 2 is 1.95 bits per heavy atom. The summed E-state index contributed by atoms with van der Waals surface area (Å²) < 4.78 is 5.15. The average Bonchev–Trinajstić information content (AvgIpc) is 2.89. The fraction of sp³-hybridized carbons (Fsp3) is 0.556. The molecule has 4 nitrogen and oxygen atoms in total. The molecular weight excluding hydrogens is 278 g/mol. The van der Waals surface area contributed by atoms with E-state index < -0.39 is 6.09 Å². The minimum Gasteiger partial charge on any atom is -0.447 e. The van der Waals surface area contributed by atoms with Crippen LogP contribution in [-0.2, 0) is 16.0 Å². The number of hydrogen-bond donors (Lipinski definition) is 0. The van der Waals surface area contributed by atoms with Gasteiger partial charge in [-0.2, -0.15) is 0 Å². The third-order valence-electron chi connectivity index (χ3n) is 4.60. The fourth-order valence-electron chi connectivity index (χ4n) is 3.05. The number of amides is 2. The summed E-state index contributed by atoms with van der Waals surface area (Å²) in [5.41, 5.74) is 1.11. The Bertz CT molecular complexity index is 514. The maximum atomic E-state index is 12.8. The molecule has 1 aromatic carbocycles. The molecular formula is C18H25NO3. The summed E-state index contributed by atoms with van der Waals surface area (Å²) in [6, 6.07) is 9.72. The Balaban J connectivity index is 2.15. The van der Waals surface area contributed by atoms with E-state index in [9.17, 15) is 9.59 Å². The molecule has 0 unspecified atom stereocenters. The molecule has 120 valence electrons. The SMILES string of the molecule is CC[C@H](C(=O)N1C(=O)OC[C@@H]1Cc1ccccc1)[C@@H](C)CC. The molecule has 1 aliphatic rings. The minimum absolute atomic E-state index is 0.0831. The molecule has 1 aromatic rings. The summed E-state index contributed by atoms with van der Waals surface area (Å²) in [4.78, 5) is 26.2. The molecule has 1 heterocycles. The van der Waals surface area contributed by atoms with Gasteiger partial charge >= 0.3 is 6.09 Å². The zero-order chi connectivity index (χ0) is 16.1. The first kappa shape index (κ1) is 16.5. The molecule has 4 heteroatoms. The van der Waals surface area contributed by atoms with Crippen molar-refractivity contribution >= 4 is 12.0 Å². The van der Waals surface area contributed by atoms with Crippen LogP contribution in [0.3, 0.4) is 0 Å². The van der Waals surface area contributed by atoms with E-state index in [0.717, 1.165) is 18.4 Å². The van der Waals surface area contributed by atoms with Crippen LogP contribution in [0.15, 0.2) is 30.3 Å². The van der Waals surface area contributed by atoms with Crippen LogP contribution in [0.4, 0.5) is 4.79 Å². The van der Waals surface area contributed by atoms with E-state index in [1.165, 1.54) is 4.90 Å². The van der Waals surface area contributed by atoms with Gasteiger partial charge in [0.1, 0.15) is 6.61 Å². The number of carbonyl (C=O) groups excluding carboxylic acids is 2. The zero-order valence-corrected chi connectivity index (χ0v) is 13.6. The monoisotopic (exact) mass is 303 g/mol. The molecule has 0 aromatic heterocycles. The minimum atomic E-state index is -0.493. The summed E-state index contributed by atoms with van der Waals surface area (Å²) in [7, 11) is 0. The van der Waals surface area contributed by atoms with Crippen LogP contribution in [0.1, 0.15) is 39.2 Å². The Hall–Kier alpha value is -1.84. The standard InChI is InChI=1S/C18H25NO3/c1-4-13(3)16(5-2)17(20)19-15(12-22-18(19)21)11-14-9-7-6-8-10-14/h6-10,13,15-16H,4-5,11-12H2,1-3H3/t13-,15-,16-/m0/s1. The summed E-state index contributed by atoms with van der Waals surface area (Å²) in [5, 5.41) is 0. The van der Waals surface area contributed by atoms with E-state index in [-0.39, 0.29) is 30.4 Å². The predicted molar refractivity (Wildman–Crippen MR) is 85.4 cm³/mol. The lowest BCUT2D eigenvalue weighted by Crippen LogP contribution is -2.44. The van der Waals surface area contributed by atoms with Crippen LogP contribution in [0.25, 0.3) is 0 Å². The normalized spacial score (nSPS) is 20.6. The van der Waals surface area contributed by atoms with Gasteiger partial charge in [0.15, 0.2) is 0 Å². The molecule has 0 aliphatic carbocycles. The largest absolute Gasteiger partial charge is 0.447 e. The van der Waals surface area contributed by atoms with Gasteiger partial charge in [-0.15, -0.1) is 0 Å². The number of hydrogen-bond acceptors (Lipinski definition) is 3. The zero-order valence-electron chi connectivity index (χ0n) is 13.6. The summed E-state index contributed by atoms with van der Waals surface area (Å²) in [6.45, 7) is 6.43. The lowest BCUT2D eigenvalue weighted by Gasteiger charge is -2.27. The van der Waals surface area contributed by atoms with E-state index in [1.54, 1.807) is 0 Å². The number of cyclic esters (lactones) is 1. The Morgan fingerprint density at radius 3 is 2.55 bits per heavy atom. The van der Waals surface area contributed by atoms with E-state index in [2.05, 4.69) is 13.8 Å². The highest BCUT2D eigenvalue weighted by atomic mass is 16.6. The van der Waals surface area contributed by atoms with Crippen LogP contribution in [-0.4, -0.2) is 29.5 Å². The molecule has 1 saturated heterocycles. The van der Waals surface area contributed by atoms with Crippen molar-refractivity contribution in [2.45, 2.75) is 46.1 Å². The van der Waals surface area contributed by atoms with Crippen molar-refractivity contribution in [3.05, 3.63) is 35.9 Å². The van der Waals surface area contributed by atoms with E-state index in [4.69, 9.17) is 4.74 Å². The number of ether oxygens (including phenoxy) is 1. The van der Waals surface area contributed by atoms with Crippen LogP contribution in [0, 0.1) is 11.8 Å². The van der Waals surface area contributed by atoms with Gasteiger partial charge in [-0.05, 0) is 24.3 Å². The highest BCUT2D eigenvalue weighted by Crippen LogP contribution is 2.26. The molecule has 0 saturated carbocycles. The van der Waals surface area contributed by atoms with Gasteiger partial charge < -0.3 is 4.74 Å². The van der Waals surface area contributed by atoms with Crippen molar-refractivity contribution in [1.82, 2.24) is 4.90 Å². The van der Waals surface area contributed by atoms with E-state index in [0.29, 0.717) is 6.42 Å². The van der Waals surface area contributed by atoms with Gasteiger partial charge in [-0.3, -0.25) is 4.79 Å². The van der Waals surface area contributed by atoms with Gasteiger partial charge in [-0.25, -0.2) is 9.69 Å². The predicted octanol–water partition coefficient (Wildman–Crippen LogP) is 3.65. The number of rotatable bonds is 6. The highest BCUT2D eigenvalue weighted by Gasteiger charge is 2.41. The molecule has 0 bridgehead atoms. The second kappa shape index (κ2) is 7.43. The number of nitrogens with zero attached hydrogens (tertiary/aromatic N) is 1. The summed E-state index contributed by atoms with van der Waals surface area (Å²) in [6.07, 6.45) is 1.83. The maximum absolute atomic E-state index is 12.8. The average molecular weight is 303 g/mol. The first-order valence-corrected chi connectivity index (χ1v) is 8.12. The van der Waals surface area contributed by atoms with Gasteiger partial charge in [0.05, 0.1) is 6.04 Å². The molecule has 22 heavy (non-hydrogen) atoms. The van der Waals surface area contributed by atoms with Crippen molar-refractivity contribution in [2.24, 2.45) is 11.8 Å².